The fourth-order valence-corrected chi connectivity index (χ4v) is 3.90. The highest BCUT2D eigenvalue weighted by Gasteiger charge is 2.29. The van der Waals surface area contributed by atoms with Crippen LogP contribution in [0, 0.1) is 6.92 Å². The first kappa shape index (κ1) is 16.1. The molecule has 0 aliphatic heterocycles. The second kappa shape index (κ2) is 6.16. The number of benzene rings is 1. The van der Waals surface area contributed by atoms with Crippen molar-refractivity contribution in [3.63, 3.8) is 0 Å². The lowest BCUT2D eigenvalue weighted by Gasteiger charge is -2.10. The summed E-state index contributed by atoms with van der Waals surface area (Å²) in [6, 6.07) is 8.68. The lowest BCUT2D eigenvalue weighted by atomic mass is 10.1. The van der Waals surface area contributed by atoms with Crippen molar-refractivity contribution in [1.82, 2.24) is 9.71 Å². The minimum Gasteiger partial charge on any atom is -0.468 e. The summed E-state index contributed by atoms with van der Waals surface area (Å²) in [4.78, 5) is 4.52. The fraction of sp³-hybridized carbons (Fsp3) is 0.278. The smallest absolute Gasteiger partial charge is 0.241 e. The number of sulfonamides is 1. The lowest BCUT2D eigenvalue weighted by molar-refractivity contribution is 0.498. The van der Waals surface area contributed by atoms with Crippen molar-refractivity contribution in [3.05, 3.63) is 60.0 Å². The molecule has 4 rings (SSSR count). The first-order chi connectivity index (χ1) is 12.0. The number of oxazole rings is 1. The standard InChI is InChI=1S/C18H18N2O4S/c1-12-4-5-14(16-11-19-18(24-16)13-6-7-13)9-17(12)25(21,22)20-10-15-3-2-8-23-15/h2-5,8-9,11,13,20H,6-7,10H2,1H3. The van der Waals surface area contributed by atoms with E-state index in [4.69, 9.17) is 8.83 Å². The van der Waals surface area contributed by atoms with Crippen LogP contribution < -0.4 is 4.72 Å². The van der Waals surface area contributed by atoms with E-state index >= 15 is 0 Å². The molecule has 2 aromatic heterocycles. The second-order valence-electron chi connectivity index (χ2n) is 6.22. The van der Waals surface area contributed by atoms with Gasteiger partial charge in [-0.15, -0.1) is 0 Å². The quantitative estimate of drug-likeness (QED) is 0.728. The van der Waals surface area contributed by atoms with Gasteiger partial charge in [0, 0.05) is 11.5 Å². The van der Waals surface area contributed by atoms with Gasteiger partial charge in [-0.25, -0.2) is 18.1 Å². The molecule has 1 N–H and O–H groups in total. The molecule has 0 atom stereocenters. The molecule has 7 heteroatoms. The zero-order valence-corrected chi connectivity index (χ0v) is 14.5. The molecule has 6 nitrogen and oxygen atoms in total. The Balaban J connectivity index is 1.61. The van der Waals surface area contributed by atoms with Crippen LogP contribution >= 0.6 is 0 Å². The van der Waals surface area contributed by atoms with E-state index < -0.39 is 10.0 Å². The Labute approximate surface area is 145 Å². The van der Waals surface area contributed by atoms with E-state index in [-0.39, 0.29) is 11.4 Å². The molecule has 1 fully saturated rings. The van der Waals surface area contributed by atoms with Gasteiger partial charge in [-0.3, -0.25) is 0 Å². The summed E-state index contributed by atoms with van der Waals surface area (Å²) in [7, 11) is -3.67. The highest BCUT2D eigenvalue weighted by Crippen LogP contribution is 2.40. The zero-order valence-electron chi connectivity index (χ0n) is 13.7. The number of hydrogen-bond acceptors (Lipinski definition) is 5. The van der Waals surface area contributed by atoms with Crippen molar-refractivity contribution in [3.8, 4) is 11.3 Å². The number of hydrogen-bond donors (Lipinski definition) is 1. The highest BCUT2D eigenvalue weighted by atomic mass is 32.2. The average molecular weight is 358 g/mol. The first-order valence-corrected chi connectivity index (χ1v) is 9.60. The summed E-state index contributed by atoms with van der Waals surface area (Å²) < 4.78 is 38.8. The van der Waals surface area contributed by atoms with Gasteiger partial charge in [0.05, 0.1) is 23.9 Å². The molecule has 0 unspecified atom stereocenters. The molecule has 0 amide bonds. The first-order valence-electron chi connectivity index (χ1n) is 8.12. The summed E-state index contributed by atoms with van der Waals surface area (Å²) >= 11 is 0. The SMILES string of the molecule is Cc1ccc(-c2cnc(C3CC3)o2)cc1S(=O)(=O)NCc1ccco1. The third kappa shape index (κ3) is 3.38. The van der Waals surface area contributed by atoms with Gasteiger partial charge < -0.3 is 8.83 Å². The van der Waals surface area contributed by atoms with Gasteiger partial charge in [0.1, 0.15) is 5.76 Å². The van der Waals surface area contributed by atoms with Crippen LogP contribution in [0.3, 0.4) is 0 Å². The average Bonchev–Trinajstić information content (AvgIpc) is 3.11. The van der Waals surface area contributed by atoms with E-state index in [9.17, 15) is 8.42 Å². The van der Waals surface area contributed by atoms with Crippen molar-refractivity contribution < 1.29 is 17.3 Å². The molecule has 1 aromatic carbocycles. The van der Waals surface area contributed by atoms with E-state index in [1.807, 2.05) is 6.07 Å². The van der Waals surface area contributed by atoms with Crippen LogP contribution in [0.25, 0.3) is 11.3 Å². The third-order valence-corrected chi connectivity index (χ3v) is 5.77. The Morgan fingerprint density at radius 1 is 1.28 bits per heavy atom. The topological polar surface area (TPSA) is 85.3 Å². The predicted molar refractivity (Wildman–Crippen MR) is 91.4 cm³/mol. The van der Waals surface area contributed by atoms with E-state index in [2.05, 4.69) is 9.71 Å². The Bertz CT molecular complexity index is 986. The van der Waals surface area contributed by atoms with Gasteiger partial charge in [-0.2, -0.15) is 0 Å². The predicted octanol–water partition coefficient (Wildman–Crippen LogP) is 3.60. The zero-order chi connectivity index (χ0) is 17.4. The Morgan fingerprint density at radius 2 is 2.12 bits per heavy atom. The summed E-state index contributed by atoms with van der Waals surface area (Å²) in [6.07, 6.45) is 5.37. The Kier molecular flexibility index (Phi) is 3.97. The molecule has 130 valence electrons. The van der Waals surface area contributed by atoms with Crippen molar-refractivity contribution in [1.29, 1.82) is 0 Å². The number of aryl methyl sites for hydroxylation is 1. The molecule has 0 saturated heterocycles. The molecule has 0 radical (unpaired) electrons. The van der Waals surface area contributed by atoms with Gasteiger partial charge in [0.25, 0.3) is 0 Å². The van der Waals surface area contributed by atoms with Crippen molar-refractivity contribution in [2.24, 2.45) is 0 Å². The highest BCUT2D eigenvalue weighted by molar-refractivity contribution is 7.89. The van der Waals surface area contributed by atoms with Crippen LogP contribution in [-0.2, 0) is 16.6 Å². The number of furan rings is 1. The van der Waals surface area contributed by atoms with Gasteiger partial charge in [-0.05, 0) is 43.5 Å². The maximum absolute atomic E-state index is 12.7. The number of nitrogens with zero attached hydrogens (tertiary/aromatic N) is 1. The Morgan fingerprint density at radius 3 is 2.84 bits per heavy atom. The minimum absolute atomic E-state index is 0.104. The van der Waals surface area contributed by atoms with Crippen molar-refractivity contribution >= 4 is 10.0 Å². The molecular weight excluding hydrogens is 340 g/mol. The molecule has 0 bridgehead atoms. The van der Waals surface area contributed by atoms with Gasteiger partial charge >= 0.3 is 0 Å². The lowest BCUT2D eigenvalue weighted by Crippen LogP contribution is -2.23. The monoisotopic (exact) mass is 358 g/mol. The van der Waals surface area contributed by atoms with Crippen LogP contribution in [0.2, 0.25) is 0 Å². The van der Waals surface area contributed by atoms with Gasteiger partial charge in [0.15, 0.2) is 11.7 Å². The minimum atomic E-state index is -3.67. The molecule has 0 spiro atoms. The number of nitrogens with one attached hydrogen (secondary N) is 1. The fourth-order valence-electron chi connectivity index (χ4n) is 2.64. The van der Waals surface area contributed by atoms with Crippen LogP contribution in [-0.4, -0.2) is 13.4 Å². The maximum atomic E-state index is 12.7. The van der Waals surface area contributed by atoms with Crippen LogP contribution in [0.1, 0.15) is 36.0 Å². The van der Waals surface area contributed by atoms with E-state index in [0.717, 1.165) is 18.7 Å². The van der Waals surface area contributed by atoms with Crippen molar-refractivity contribution in [2.45, 2.75) is 37.1 Å². The normalized spacial score (nSPS) is 14.8. The molecule has 1 saturated carbocycles. The summed E-state index contributed by atoms with van der Waals surface area (Å²) in [5, 5.41) is 0. The Hall–Kier alpha value is -2.38. The molecule has 1 aliphatic carbocycles. The second-order valence-corrected chi connectivity index (χ2v) is 7.96. The molecule has 3 aromatic rings. The number of aromatic nitrogens is 1. The van der Waals surface area contributed by atoms with Gasteiger partial charge in [-0.1, -0.05) is 12.1 Å². The van der Waals surface area contributed by atoms with Crippen LogP contribution in [0.15, 0.2) is 56.5 Å². The summed E-state index contributed by atoms with van der Waals surface area (Å²) in [5.74, 6) is 2.29. The summed E-state index contributed by atoms with van der Waals surface area (Å²) in [6.45, 7) is 1.87. The van der Waals surface area contributed by atoms with Gasteiger partial charge in [0.2, 0.25) is 10.0 Å². The number of rotatable bonds is 6. The van der Waals surface area contributed by atoms with E-state index in [1.165, 1.54) is 6.26 Å². The molecular formula is C18H18N2O4S. The molecule has 2 heterocycles. The summed E-state index contributed by atoms with van der Waals surface area (Å²) in [5.41, 5.74) is 1.36. The molecule has 25 heavy (non-hydrogen) atoms. The van der Waals surface area contributed by atoms with E-state index in [1.54, 1.807) is 37.4 Å². The van der Waals surface area contributed by atoms with Crippen LogP contribution in [0.4, 0.5) is 0 Å². The van der Waals surface area contributed by atoms with E-state index in [0.29, 0.717) is 28.6 Å². The van der Waals surface area contributed by atoms with Crippen molar-refractivity contribution in [2.75, 3.05) is 0 Å². The maximum Gasteiger partial charge on any atom is 0.241 e. The third-order valence-electron chi connectivity index (χ3n) is 4.23. The molecule has 1 aliphatic rings. The van der Waals surface area contributed by atoms with Crippen LogP contribution in [0.5, 0.6) is 0 Å². The largest absolute Gasteiger partial charge is 0.468 e.